The lowest BCUT2D eigenvalue weighted by atomic mass is 9.87. The molecule has 0 amide bonds. The van der Waals surface area contributed by atoms with E-state index in [4.69, 9.17) is 5.11 Å². The van der Waals surface area contributed by atoms with Crippen LogP contribution in [0.1, 0.15) is 27.2 Å². The summed E-state index contributed by atoms with van der Waals surface area (Å²) < 4.78 is 0. The molecule has 0 aliphatic heterocycles. The molecule has 0 bridgehead atoms. The Bertz CT molecular complexity index is 149. The Morgan fingerprint density at radius 3 is 2.30 bits per heavy atom. The van der Waals surface area contributed by atoms with Crippen molar-refractivity contribution in [2.45, 2.75) is 27.2 Å². The van der Waals surface area contributed by atoms with Crippen LogP contribution in [0.3, 0.4) is 0 Å². The molecule has 0 aromatic carbocycles. The van der Waals surface area contributed by atoms with E-state index in [1.54, 1.807) is 19.1 Å². The predicted molar refractivity (Wildman–Crippen MR) is 40.8 cm³/mol. The van der Waals surface area contributed by atoms with Crippen LogP contribution in [0.25, 0.3) is 0 Å². The van der Waals surface area contributed by atoms with E-state index in [-0.39, 0.29) is 0 Å². The lowest BCUT2D eigenvalue weighted by Crippen LogP contribution is -2.23. The fourth-order valence-electron chi connectivity index (χ4n) is 0.708. The Kier molecular flexibility index (Phi) is 3.13. The van der Waals surface area contributed by atoms with E-state index in [0.717, 1.165) is 0 Å². The van der Waals surface area contributed by atoms with Gasteiger partial charge in [0.15, 0.2) is 0 Å². The minimum Gasteiger partial charge on any atom is -0.481 e. The zero-order valence-electron chi connectivity index (χ0n) is 6.72. The van der Waals surface area contributed by atoms with Gasteiger partial charge in [-0.25, -0.2) is 0 Å². The highest BCUT2D eigenvalue weighted by molar-refractivity contribution is 5.76. The summed E-state index contributed by atoms with van der Waals surface area (Å²) in [6.45, 7) is 5.42. The van der Waals surface area contributed by atoms with Crippen molar-refractivity contribution in [3.63, 3.8) is 0 Å². The number of rotatable bonds is 3. The van der Waals surface area contributed by atoms with Crippen molar-refractivity contribution in [1.82, 2.24) is 0 Å². The minimum absolute atomic E-state index is 0.632. The van der Waals surface area contributed by atoms with E-state index in [1.807, 2.05) is 13.8 Å². The molecule has 0 aromatic heterocycles. The molecule has 1 N–H and O–H groups in total. The maximum absolute atomic E-state index is 10.6. The van der Waals surface area contributed by atoms with Gasteiger partial charge in [0.1, 0.15) is 0 Å². The molecule has 10 heavy (non-hydrogen) atoms. The summed E-state index contributed by atoms with van der Waals surface area (Å²) >= 11 is 0. The van der Waals surface area contributed by atoms with Crippen molar-refractivity contribution in [2.24, 2.45) is 5.41 Å². The van der Waals surface area contributed by atoms with Crippen LogP contribution >= 0.6 is 0 Å². The number of aliphatic carboxylic acids is 1. The molecule has 0 aliphatic carbocycles. The second-order valence-electron chi connectivity index (χ2n) is 2.58. The fraction of sp³-hybridized carbons (Fsp3) is 0.625. The van der Waals surface area contributed by atoms with Crippen LogP contribution in [0.4, 0.5) is 0 Å². The molecule has 0 radical (unpaired) electrons. The zero-order chi connectivity index (χ0) is 8.20. The van der Waals surface area contributed by atoms with Gasteiger partial charge in [-0.3, -0.25) is 4.79 Å². The third-order valence-corrected chi connectivity index (χ3v) is 1.76. The fourth-order valence-corrected chi connectivity index (χ4v) is 0.708. The first-order chi connectivity index (χ1) is 4.56. The first-order valence-corrected chi connectivity index (χ1v) is 3.44. The van der Waals surface area contributed by atoms with Crippen molar-refractivity contribution in [3.8, 4) is 0 Å². The van der Waals surface area contributed by atoms with Crippen LogP contribution in [0.15, 0.2) is 12.2 Å². The molecule has 0 rings (SSSR count). The minimum atomic E-state index is -0.756. The van der Waals surface area contributed by atoms with Gasteiger partial charge in [-0.1, -0.05) is 19.1 Å². The summed E-state index contributed by atoms with van der Waals surface area (Å²) in [5.74, 6) is -0.756. The van der Waals surface area contributed by atoms with Gasteiger partial charge in [0.05, 0.1) is 5.41 Å². The third-order valence-electron chi connectivity index (χ3n) is 1.76. The lowest BCUT2D eigenvalue weighted by molar-refractivity contribution is -0.145. The summed E-state index contributed by atoms with van der Waals surface area (Å²) in [4.78, 5) is 10.6. The largest absolute Gasteiger partial charge is 0.481 e. The van der Waals surface area contributed by atoms with E-state index in [0.29, 0.717) is 6.42 Å². The number of carbonyl (C=O) groups is 1. The molecule has 0 heterocycles. The van der Waals surface area contributed by atoms with Gasteiger partial charge in [0.2, 0.25) is 0 Å². The molecule has 0 aliphatic rings. The number of carboxylic acids is 1. The number of hydrogen-bond donors (Lipinski definition) is 1. The van der Waals surface area contributed by atoms with Crippen molar-refractivity contribution in [3.05, 3.63) is 12.2 Å². The molecule has 2 heteroatoms. The van der Waals surface area contributed by atoms with Gasteiger partial charge in [0, 0.05) is 0 Å². The molecule has 0 aromatic rings. The molecule has 58 valence electrons. The highest BCUT2D eigenvalue weighted by Gasteiger charge is 2.26. The molecule has 0 saturated heterocycles. The van der Waals surface area contributed by atoms with Crippen LogP contribution in [-0.2, 0) is 4.79 Å². The Morgan fingerprint density at radius 1 is 1.70 bits per heavy atom. The second kappa shape index (κ2) is 3.40. The molecular weight excluding hydrogens is 128 g/mol. The van der Waals surface area contributed by atoms with Crippen LogP contribution in [-0.4, -0.2) is 11.1 Å². The van der Waals surface area contributed by atoms with Gasteiger partial charge in [0.25, 0.3) is 0 Å². The second-order valence-corrected chi connectivity index (χ2v) is 2.58. The summed E-state index contributed by atoms with van der Waals surface area (Å²) in [6.07, 6.45) is 4.12. The van der Waals surface area contributed by atoms with E-state index < -0.39 is 11.4 Å². The van der Waals surface area contributed by atoms with Crippen molar-refractivity contribution < 1.29 is 9.90 Å². The molecule has 2 nitrogen and oxygen atoms in total. The number of carboxylic acid groups (broad SMARTS) is 1. The Balaban J connectivity index is 4.38. The average Bonchev–Trinajstić information content (AvgIpc) is 1.88. The normalized spacial score (nSPS) is 17.1. The topological polar surface area (TPSA) is 37.3 Å². The lowest BCUT2D eigenvalue weighted by Gasteiger charge is -2.17. The van der Waals surface area contributed by atoms with Gasteiger partial charge < -0.3 is 5.11 Å². The SMILES string of the molecule is C/C=C\C(C)(CC)C(=O)O. The summed E-state index contributed by atoms with van der Waals surface area (Å²) in [5, 5.41) is 8.71. The standard InChI is InChI=1S/C8H14O2/c1-4-6-8(3,5-2)7(9)10/h4,6H,5H2,1-3H3,(H,9,10)/b6-4-. The predicted octanol–water partition coefficient (Wildman–Crippen LogP) is 2.06. The van der Waals surface area contributed by atoms with Gasteiger partial charge in [-0.05, 0) is 20.3 Å². The maximum Gasteiger partial charge on any atom is 0.313 e. The zero-order valence-corrected chi connectivity index (χ0v) is 6.72. The molecule has 0 saturated carbocycles. The van der Waals surface area contributed by atoms with E-state index in [1.165, 1.54) is 0 Å². The van der Waals surface area contributed by atoms with Crippen LogP contribution in [0.2, 0.25) is 0 Å². The van der Waals surface area contributed by atoms with E-state index >= 15 is 0 Å². The Hall–Kier alpha value is -0.790. The van der Waals surface area contributed by atoms with Crippen LogP contribution < -0.4 is 0 Å². The molecule has 0 fully saturated rings. The van der Waals surface area contributed by atoms with Gasteiger partial charge >= 0.3 is 5.97 Å². The van der Waals surface area contributed by atoms with Gasteiger partial charge in [-0.15, -0.1) is 0 Å². The molecular formula is C8H14O2. The third kappa shape index (κ3) is 1.87. The molecule has 1 atom stereocenters. The quantitative estimate of drug-likeness (QED) is 0.612. The smallest absolute Gasteiger partial charge is 0.313 e. The average molecular weight is 142 g/mol. The van der Waals surface area contributed by atoms with E-state index in [9.17, 15) is 4.79 Å². The van der Waals surface area contributed by atoms with Crippen molar-refractivity contribution in [2.75, 3.05) is 0 Å². The number of allylic oxidation sites excluding steroid dienone is 1. The van der Waals surface area contributed by atoms with Crippen LogP contribution in [0, 0.1) is 5.41 Å². The Labute approximate surface area is 61.6 Å². The van der Waals surface area contributed by atoms with Gasteiger partial charge in [-0.2, -0.15) is 0 Å². The highest BCUT2D eigenvalue weighted by Crippen LogP contribution is 2.22. The highest BCUT2D eigenvalue weighted by atomic mass is 16.4. The first-order valence-electron chi connectivity index (χ1n) is 3.44. The van der Waals surface area contributed by atoms with Crippen LogP contribution in [0.5, 0.6) is 0 Å². The Morgan fingerprint density at radius 2 is 2.20 bits per heavy atom. The summed E-state index contributed by atoms with van der Waals surface area (Å²) in [7, 11) is 0. The molecule has 1 unspecified atom stereocenters. The summed E-state index contributed by atoms with van der Waals surface area (Å²) in [6, 6.07) is 0. The number of hydrogen-bond acceptors (Lipinski definition) is 1. The maximum atomic E-state index is 10.6. The van der Waals surface area contributed by atoms with Crippen molar-refractivity contribution >= 4 is 5.97 Å². The first kappa shape index (κ1) is 9.21. The van der Waals surface area contributed by atoms with E-state index in [2.05, 4.69) is 0 Å². The molecule has 0 spiro atoms. The summed E-state index contributed by atoms with van der Waals surface area (Å²) in [5.41, 5.74) is -0.672. The monoisotopic (exact) mass is 142 g/mol. The van der Waals surface area contributed by atoms with Crippen molar-refractivity contribution in [1.29, 1.82) is 0 Å².